The van der Waals surface area contributed by atoms with Crippen LogP contribution in [0.1, 0.15) is 30.1 Å². The molecule has 2 aromatic rings. The summed E-state index contributed by atoms with van der Waals surface area (Å²) in [5.74, 6) is -1.66. The SMILES string of the molecule is COc1ccc(N=C2NC(=O)C(F)C3CCC(c4cc(F)cc(F)c4)N23)c(C)n1. The fourth-order valence-electron chi connectivity index (χ4n) is 3.91. The van der Waals surface area contributed by atoms with Crippen molar-refractivity contribution < 1.29 is 22.7 Å². The Hall–Kier alpha value is -3.10. The fraction of sp³-hybridized carbons (Fsp3) is 0.350. The molecule has 1 N–H and O–H groups in total. The third-order valence-electron chi connectivity index (χ3n) is 5.23. The first-order valence-corrected chi connectivity index (χ1v) is 9.17. The number of aliphatic imine (C=N–C) groups is 1. The summed E-state index contributed by atoms with van der Waals surface area (Å²) in [5, 5.41) is 2.49. The Bertz CT molecular complexity index is 977. The number of hydrogen-bond donors (Lipinski definition) is 1. The van der Waals surface area contributed by atoms with Crippen LogP contribution in [-0.4, -0.2) is 41.1 Å². The van der Waals surface area contributed by atoms with Gasteiger partial charge in [-0.15, -0.1) is 0 Å². The maximum Gasteiger partial charge on any atom is 0.263 e. The van der Waals surface area contributed by atoms with E-state index in [2.05, 4.69) is 15.3 Å². The molecule has 4 rings (SSSR count). The van der Waals surface area contributed by atoms with Crippen molar-refractivity contribution in [1.29, 1.82) is 0 Å². The van der Waals surface area contributed by atoms with Crippen LogP contribution in [0.2, 0.25) is 0 Å². The molecule has 6 nitrogen and oxygen atoms in total. The number of aromatic nitrogens is 1. The number of halogens is 3. The highest BCUT2D eigenvalue weighted by Gasteiger charge is 2.48. The van der Waals surface area contributed by atoms with Crippen LogP contribution >= 0.6 is 0 Å². The first-order valence-electron chi connectivity index (χ1n) is 9.17. The monoisotopic (exact) mass is 404 g/mol. The van der Waals surface area contributed by atoms with Crippen molar-refractivity contribution >= 4 is 17.6 Å². The van der Waals surface area contributed by atoms with Crippen LogP contribution in [0.3, 0.4) is 0 Å². The molecule has 1 aromatic heterocycles. The fourth-order valence-corrected chi connectivity index (χ4v) is 3.91. The minimum atomic E-state index is -1.76. The van der Waals surface area contributed by atoms with E-state index >= 15 is 0 Å². The Kier molecular flexibility index (Phi) is 4.89. The number of amides is 1. The molecule has 1 amide bonds. The summed E-state index contributed by atoms with van der Waals surface area (Å²) in [6.45, 7) is 1.73. The van der Waals surface area contributed by atoms with Crippen molar-refractivity contribution in [2.75, 3.05) is 7.11 Å². The standard InChI is InChI=1S/C20H19F3N4O2/c1-10-14(3-6-17(24-10)29-2)25-20-26-19(28)18(23)16-5-4-15(27(16)20)11-7-12(21)9-13(22)8-11/h3,6-9,15-16,18H,4-5H2,1-2H3,(H,25,26,28). The molecule has 0 bridgehead atoms. The highest BCUT2D eigenvalue weighted by molar-refractivity contribution is 6.03. The van der Waals surface area contributed by atoms with Crippen molar-refractivity contribution in [3.05, 3.63) is 53.2 Å². The summed E-state index contributed by atoms with van der Waals surface area (Å²) in [6.07, 6.45) is -0.967. The number of guanidine groups is 1. The smallest absolute Gasteiger partial charge is 0.263 e. The maximum atomic E-state index is 14.6. The van der Waals surface area contributed by atoms with Gasteiger partial charge in [0.25, 0.3) is 5.91 Å². The van der Waals surface area contributed by atoms with Gasteiger partial charge >= 0.3 is 0 Å². The van der Waals surface area contributed by atoms with Crippen LogP contribution < -0.4 is 10.1 Å². The quantitative estimate of drug-likeness (QED) is 0.852. The van der Waals surface area contributed by atoms with Gasteiger partial charge in [-0.3, -0.25) is 10.1 Å². The normalized spacial score (nSPS) is 25.1. The third-order valence-corrected chi connectivity index (χ3v) is 5.23. The van der Waals surface area contributed by atoms with Gasteiger partial charge in [-0.25, -0.2) is 23.1 Å². The molecule has 2 aliphatic heterocycles. The van der Waals surface area contributed by atoms with Gasteiger partial charge in [0.1, 0.15) is 11.6 Å². The molecule has 152 valence electrons. The van der Waals surface area contributed by atoms with E-state index in [0.29, 0.717) is 35.7 Å². The molecule has 2 saturated heterocycles. The van der Waals surface area contributed by atoms with Crippen LogP contribution in [0.5, 0.6) is 5.88 Å². The van der Waals surface area contributed by atoms with Crippen LogP contribution in [0.4, 0.5) is 18.9 Å². The number of rotatable bonds is 3. The van der Waals surface area contributed by atoms with Crippen molar-refractivity contribution in [1.82, 2.24) is 15.2 Å². The third kappa shape index (κ3) is 3.52. The summed E-state index contributed by atoms with van der Waals surface area (Å²) in [4.78, 5) is 22.4. The highest BCUT2D eigenvalue weighted by Crippen LogP contribution is 2.40. The van der Waals surface area contributed by atoms with E-state index in [0.717, 1.165) is 6.07 Å². The Morgan fingerprint density at radius 1 is 1.21 bits per heavy atom. The molecule has 9 heteroatoms. The Morgan fingerprint density at radius 3 is 2.59 bits per heavy atom. The second-order valence-corrected chi connectivity index (χ2v) is 7.06. The first-order chi connectivity index (χ1) is 13.9. The lowest BCUT2D eigenvalue weighted by molar-refractivity contribution is -0.128. The highest BCUT2D eigenvalue weighted by atomic mass is 19.1. The van der Waals surface area contributed by atoms with Crippen molar-refractivity contribution in [3.8, 4) is 5.88 Å². The second kappa shape index (κ2) is 7.38. The Labute approximate surface area is 165 Å². The number of nitrogens with one attached hydrogen (secondary N) is 1. The number of carbonyl (C=O) groups is 1. The van der Waals surface area contributed by atoms with E-state index in [1.54, 1.807) is 24.0 Å². The van der Waals surface area contributed by atoms with Crippen molar-refractivity contribution in [3.63, 3.8) is 0 Å². The number of pyridine rings is 1. The number of fused-ring (bicyclic) bond motifs is 1. The number of methoxy groups -OCH3 is 1. The molecule has 0 radical (unpaired) electrons. The van der Waals surface area contributed by atoms with Gasteiger partial charge in [-0.2, -0.15) is 0 Å². The molecule has 0 aliphatic carbocycles. The lowest BCUT2D eigenvalue weighted by Crippen LogP contribution is -2.60. The topological polar surface area (TPSA) is 66.8 Å². The summed E-state index contributed by atoms with van der Waals surface area (Å²) >= 11 is 0. The predicted octanol–water partition coefficient (Wildman–Crippen LogP) is 3.34. The van der Waals surface area contributed by atoms with Gasteiger partial charge in [0.15, 0.2) is 6.17 Å². The van der Waals surface area contributed by atoms with E-state index < -0.39 is 35.8 Å². The van der Waals surface area contributed by atoms with E-state index in [4.69, 9.17) is 4.74 Å². The van der Waals surface area contributed by atoms with E-state index in [1.165, 1.54) is 19.2 Å². The molecular formula is C20H19F3N4O2. The molecule has 3 heterocycles. The number of alkyl halides is 1. The molecule has 3 unspecified atom stereocenters. The van der Waals surface area contributed by atoms with Crippen molar-refractivity contribution in [2.45, 2.75) is 38.0 Å². The minimum absolute atomic E-state index is 0.135. The number of carbonyl (C=O) groups excluding carboxylic acids is 1. The Balaban J connectivity index is 1.76. The van der Waals surface area contributed by atoms with Gasteiger partial charge < -0.3 is 9.64 Å². The zero-order valence-corrected chi connectivity index (χ0v) is 15.8. The van der Waals surface area contributed by atoms with Gasteiger partial charge in [0, 0.05) is 12.1 Å². The zero-order chi connectivity index (χ0) is 20.7. The largest absolute Gasteiger partial charge is 0.481 e. The van der Waals surface area contributed by atoms with Crippen molar-refractivity contribution in [2.24, 2.45) is 4.99 Å². The summed E-state index contributed by atoms with van der Waals surface area (Å²) in [6, 6.07) is 5.24. The number of nitrogens with zero attached hydrogens (tertiary/aromatic N) is 3. The lowest BCUT2D eigenvalue weighted by atomic mass is 10.0. The molecule has 3 atom stereocenters. The molecular weight excluding hydrogens is 385 g/mol. The molecule has 2 aliphatic rings. The minimum Gasteiger partial charge on any atom is -0.481 e. The number of hydrogen-bond acceptors (Lipinski definition) is 4. The summed E-state index contributed by atoms with van der Waals surface area (Å²) < 4.78 is 47.2. The van der Waals surface area contributed by atoms with Gasteiger partial charge in [0.05, 0.1) is 30.6 Å². The van der Waals surface area contributed by atoms with Crippen LogP contribution in [0.25, 0.3) is 0 Å². The Morgan fingerprint density at radius 2 is 1.93 bits per heavy atom. The van der Waals surface area contributed by atoms with E-state index in [-0.39, 0.29) is 5.96 Å². The molecule has 29 heavy (non-hydrogen) atoms. The number of benzene rings is 1. The zero-order valence-electron chi connectivity index (χ0n) is 15.8. The second-order valence-electron chi connectivity index (χ2n) is 7.06. The van der Waals surface area contributed by atoms with Crippen LogP contribution in [-0.2, 0) is 4.79 Å². The molecule has 0 saturated carbocycles. The first kappa shape index (κ1) is 19.2. The van der Waals surface area contributed by atoms with Gasteiger partial charge in [-0.05, 0) is 43.5 Å². The number of aryl methyl sites for hydroxylation is 1. The van der Waals surface area contributed by atoms with E-state index in [1.807, 2.05) is 0 Å². The van der Waals surface area contributed by atoms with E-state index in [9.17, 15) is 18.0 Å². The molecule has 1 aromatic carbocycles. The average molecular weight is 404 g/mol. The molecule has 0 spiro atoms. The average Bonchev–Trinajstić information content (AvgIpc) is 3.12. The number of ether oxygens (including phenoxy) is 1. The van der Waals surface area contributed by atoms with Gasteiger partial charge in [-0.1, -0.05) is 0 Å². The lowest BCUT2D eigenvalue weighted by Gasteiger charge is -2.38. The molecule has 2 fully saturated rings. The maximum absolute atomic E-state index is 14.6. The van der Waals surface area contributed by atoms with Gasteiger partial charge in [0.2, 0.25) is 11.8 Å². The predicted molar refractivity (Wildman–Crippen MR) is 99.6 cm³/mol. The van der Waals surface area contributed by atoms with Crippen LogP contribution in [0.15, 0.2) is 35.3 Å². The van der Waals surface area contributed by atoms with Crippen LogP contribution in [0, 0.1) is 18.6 Å². The summed E-state index contributed by atoms with van der Waals surface area (Å²) in [7, 11) is 1.49. The summed E-state index contributed by atoms with van der Waals surface area (Å²) in [5.41, 5.74) is 1.39.